The third-order valence-electron chi connectivity index (χ3n) is 1.88. The molecule has 0 aromatic rings. The van der Waals surface area contributed by atoms with Gasteiger partial charge in [0.15, 0.2) is 0 Å². The first-order chi connectivity index (χ1) is 4.27. The topological polar surface area (TPSA) is 0 Å². The molecule has 0 aromatic carbocycles. The Kier molecular flexibility index (Phi) is 2.23. The molecule has 9 heavy (non-hydrogen) atoms. The van der Waals surface area contributed by atoms with Crippen molar-refractivity contribution < 1.29 is 0 Å². The summed E-state index contributed by atoms with van der Waals surface area (Å²) in [6.45, 7) is 3.68. The third kappa shape index (κ3) is 2.44. The standard InChI is InChI=1S/C8H14S/c1-2-3-4-5-8(9)6-7-8/h2,9H,1,3-7H2. The van der Waals surface area contributed by atoms with E-state index in [9.17, 15) is 0 Å². The molecule has 1 heteroatoms. The zero-order valence-electron chi connectivity index (χ0n) is 5.77. The van der Waals surface area contributed by atoms with Crippen LogP contribution in [0.25, 0.3) is 0 Å². The Morgan fingerprint density at radius 3 is 2.67 bits per heavy atom. The average molecular weight is 142 g/mol. The van der Waals surface area contributed by atoms with Gasteiger partial charge in [-0.05, 0) is 32.1 Å². The Morgan fingerprint density at radius 2 is 2.22 bits per heavy atom. The van der Waals surface area contributed by atoms with Crippen LogP contribution in [0.2, 0.25) is 0 Å². The molecule has 1 aliphatic rings. The number of rotatable bonds is 4. The molecule has 0 heterocycles. The SMILES string of the molecule is C=CCCCC1(S)CC1. The van der Waals surface area contributed by atoms with Crippen molar-refractivity contribution in [3.8, 4) is 0 Å². The second-order valence-electron chi connectivity index (χ2n) is 2.91. The molecule has 0 aliphatic heterocycles. The maximum atomic E-state index is 4.50. The molecule has 1 saturated carbocycles. The van der Waals surface area contributed by atoms with Crippen molar-refractivity contribution in [3.05, 3.63) is 12.7 Å². The molecule has 0 atom stereocenters. The van der Waals surface area contributed by atoms with E-state index >= 15 is 0 Å². The molecule has 0 N–H and O–H groups in total. The normalized spacial score (nSPS) is 21.4. The quantitative estimate of drug-likeness (QED) is 0.348. The lowest BCUT2D eigenvalue weighted by atomic mass is 10.2. The van der Waals surface area contributed by atoms with Gasteiger partial charge in [-0.25, -0.2) is 0 Å². The third-order valence-corrected chi connectivity index (χ3v) is 2.55. The summed E-state index contributed by atoms with van der Waals surface area (Å²) in [5, 5.41) is 0. The zero-order chi connectivity index (χ0) is 6.74. The summed E-state index contributed by atoms with van der Waals surface area (Å²) in [6.07, 6.45) is 8.34. The van der Waals surface area contributed by atoms with Crippen molar-refractivity contribution in [3.63, 3.8) is 0 Å². The summed E-state index contributed by atoms with van der Waals surface area (Å²) < 4.78 is 0.447. The second-order valence-corrected chi connectivity index (χ2v) is 3.85. The highest BCUT2D eigenvalue weighted by Gasteiger charge is 2.37. The fourth-order valence-corrected chi connectivity index (χ4v) is 1.24. The van der Waals surface area contributed by atoms with E-state index in [-0.39, 0.29) is 0 Å². The lowest BCUT2D eigenvalue weighted by Gasteiger charge is -2.03. The van der Waals surface area contributed by atoms with Crippen LogP contribution in [-0.2, 0) is 0 Å². The summed E-state index contributed by atoms with van der Waals surface area (Å²) in [5.41, 5.74) is 0. The van der Waals surface area contributed by atoms with Gasteiger partial charge in [-0.15, -0.1) is 6.58 Å². The zero-order valence-corrected chi connectivity index (χ0v) is 6.66. The van der Waals surface area contributed by atoms with E-state index in [0.717, 1.165) is 6.42 Å². The van der Waals surface area contributed by atoms with Crippen LogP contribution in [0, 0.1) is 0 Å². The molecule has 1 aliphatic carbocycles. The molecule has 0 saturated heterocycles. The van der Waals surface area contributed by atoms with E-state index in [1.807, 2.05) is 6.08 Å². The highest BCUT2D eigenvalue weighted by atomic mass is 32.1. The summed E-state index contributed by atoms with van der Waals surface area (Å²) in [4.78, 5) is 0. The minimum absolute atomic E-state index is 0.447. The highest BCUT2D eigenvalue weighted by molar-refractivity contribution is 7.82. The molecular weight excluding hydrogens is 128 g/mol. The number of allylic oxidation sites excluding steroid dienone is 1. The van der Waals surface area contributed by atoms with Crippen LogP contribution in [0.5, 0.6) is 0 Å². The second kappa shape index (κ2) is 2.78. The minimum Gasteiger partial charge on any atom is -0.173 e. The predicted molar refractivity (Wildman–Crippen MR) is 45.0 cm³/mol. The molecule has 0 bridgehead atoms. The van der Waals surface area contributed by atoms with Crippen LogP contribution in [-0.4, -0.2) is 4.75 Å². The van der Waals surface area contributed by atoms with Crippen molar-refractivity contribution in [2.45, 2.75) is 36.9 Å². The van der Waals surface area contributed by atoms with Gasteiger partial charge in [0, 0.05) is 4.75 Å². The van der Waals surface area contributed by atoms with E-state index in [1.54, 1.807) is 0 Å². The van der Waals surface area contributed by atoms with Gasteiger partial charge in [0.05, 0.1) is 0 Å². The summed E-state index contributed by atoms with van der Waals surface area (Å²) >= 11 is 4.50. The van der Waals surface area contributed by atoms with Crippen molar-refractivity contribution >= 4 is 12.6 Å². The molecule has 0 nitrogen and oxygen atoms in total. The number of thiol groups is 1. The summed E-state index contributed by atoms with van der Waals surface area (Å²) in [6, 6.07) is 0. The van der Waals surface area contributed by atoms with Crippen LogP contribution < -0.4 is 0 Å². The fraction of sp³-hybridized carbons (Fsp3) is 0.750. The van der Waals surface area contributed by atoms with Gasteiger partial charge in [-0.3, -0.25) is 0 Å². The monoisotopic (exact) mass is 142 g/mol. The molecule has 0 spiro atoms. The van der Waals surface area contributed by atoms with Crippen molar-refractivity contribution in [2.75, 3.05) is 0 Å². The lowest BCUT2D eigenvalue weighted by Crippen LogP contribution is -1.95. The van der Waals surface area contributed by atoms with Crippen LogP contribution in [0.3, 0.4) is 0 Å². The largest absolute Gasteiger partial charge is 0.173 e. The van der Waals surface area contributed by atoms with Gasteiger partial charge in [0.2, 0.25) is 0 Å². The van der Waals surface area contributed by atoms with Gasteiger partial charge in [0.1, 0.15) is 0 Å². The molecular formula is C8H14S. The van der Waals surface area contributed by atoms with Gasteiger partial charge in [-0.2, -0.15) is 12.6 Å². The first kappa shape index (κ1) is 7.20. The number of unbranched alkanes of at least 4 members (excludes halogenated alkanes) is 1. The van der Waals surface area contributed by atoms with Crippen molar-refractivity contribution in [1.82, 2.24) is 0 Å². The summed E-state index contributed by atoms with van der Waals surface area (Å²) in [7, 11) is 0. The molecule has 0 aromatic heterocycles. The smallest absolute Gasteiger partial charge is 0.0131 e. The Balaban J connectivity index is 1.98. The van der Waals surface area contributed by atoms with Crippen LogP contribution in [0.4, 0.5) is 0 Å². The lowest BCUT2D eigenvalue weighted by molar-refractivity contribution is 0.714. The molecule has 0 radical (unpaired) electrons. The maximum absolute atomic E-state index is 4.50. The van der Waals surface area contributed by atoms with E-state index in [1.165, 1.54) is 25.7 Å². The van der Waals surface area contributed by atoms with Crippen LogP contribution in [0.15, 0.2) is 12.7 Å². The maximum Gasteiger partial charge on any atom is 0.0131 e. The van der Waals surface area contributed by atoms with E-state index in [2.05, 4.69) is 19.2 Å². The first-order valence-corrected chi connectivity index (χ1v) is 4.05. The Hall–Kier alpha value is 0.0900. The van der Waals surface area contributed by atoms with Crippen LogP contribution >= 0.6 is 12.6 Å². The Morgan fingerprint density at radius 1 is 1.56 bits per heavy atom. The summed E-state index contributed by atoms with van der Waals surface area (Å²) in [5.74, 6) is 0. The molecule has 1 fully saturated rings. The number of hydrogen-bond acceptors (Lipinski definition) is 1. The fourth-order valence-electron chi connectivity index (χ4n) is 0.970. The van der Waals surface area contributed by atoms with Gasteiger partial charge < -0.3 is 0 Å². The van der Waals surface area contributed by atoms with Gasteiger partial charge in [0.25, 0.3) is 0 Å². The van der Waals surface area contributed by atoms with Gasteiger partial charge >= 0.3 is 0 Å². The van der Waals surface area contributed by atoms with E-state index in [4.69, 9.17) is 0 Å². The first-order valence-electron chi connectivity index (χ1n) is 3.60. The molecule has 1 rings (SSSR count). The highest BCUT2D eigenvalue weighted by Crippen LogP contribution is 2.46. The molecule has 0 amide bonds. The minimum atomic E-state index is 0.447. The van der Waals surface area contributed by atoms with Crippen molar-refractivity contribution in [1.29, 1.82) is 0 Å². The number of hydrogen-bond donors (Lipinski definition) is 1. The Labute approximate surface area is 62.8 Å². The molecule has 0 unspecified atom stereocenters. The molecule has 52 valence electrons. The average Bonchev–Trinajstić information content (AvgIpc) is 2.50. The van der Waals surface area contributed by atoms with Gasteiger partial charge in [-0.1, -0.05) is 6.08 Å². The van der Waals surface area contributed by atoms with Crippen molar-refractivity contribution in [2.24, 2.45) is 0 Å². The predicted octanol–water partition coefficient (Wildman–Crippen LogP) is 2.81. The van der Waals surface area contributed by atoms with E-state index < -0.39 is 0 Å². The van der Waals surface area contributed by atoms with Crippen LogP contribution in [0.1, 0.15) is 32.1 Å². The van der Waals surface area contributed by atoms with E-state index in [0.29, 0.717) is 4.75 Å². The Bertz CT molecular complexity index is 103.